The van der Waals surface area contributed by atoms with E-state index in [0.29, 0.717) is 28.4 Å². The molecule has 8 rings (SSSR count). The number of thiazole rings is 1. The van der Waals surface area contributed by atoms with Crippen LogP contribution in [-0.4, -0.2) is 54.2 Å². The van der Waals surface area contributed by atoms with Gasteiger partial charge in [-0.25, -0.2) is 4.79 Å². The lowest BCUT2D eigenvalue weighted by Crippen LogP contribution is -2.42. The van der Waals surface area contributed by atoms with E-state index in [1.807, 2.05) is 43.3 Å². The number of amides is 3. The molecule has 2 aliphatic carbocycles. The highest BCUT2D eigenvalue weighted by Crippen LogP contribution is 2.68. The first-order valence-corrected chi connectivity index (χ1v) is 18.6. The highest BCUT2D eigenvalue weighted by atomic mass is 32.2. The number of nitrogens with one attached hydrogen (secondary N) is 2. The van der Waals surface area contributed by atoms with Crippen LogP contribution in [0, 0.1) is 36.5 Å². The second-order valence-electron chi connectivity index (χ2n) is 13.3. The van der Waals surface area contributed by atoms with E-state index < -0.39 is 17.8 Å². The molecule has 262 valence electrons. The van der Waals surface area contributed by atoms with Crippen LogP contribution in [0.1, 0.15) is 45.6 Å². The number of para-hydroxylation sites is 1. The van der Waals surface area contributed by atoms with E-state index in [0.717, 1.165) is 27.5 Å². The summed E-state index contributed by atoms with van der Waals surface area (Å²) in [5.41, 5.74) is 3.35. The van der Waals surface area contributed by atoms with Crippen molar-refractivity contribution in [3.8, 4) is 11.5 Å². The molecule has 2 N–H and O–H groups in total. The van der Waals surface area contributed by atoms with E-state index in [-0.39, 0.29) is 64.7 Å². The Labute approximate surface area is 301 Å². The summed E-state index contributed by atoms with van der Waals surface area (Å²) < 4.78 is 16.8. The van der Waals surface area contributed by atoms with Gasteiger partial charge < -0.3 is 24.5 Å². The van der Waals surface area contributed by atoms with Crippen LogP contribution in [-0.2, 0) is 19.1 Å². The third-order valence-corrected chi connectivity index (χ3v) is 13.3. The first-order valence-electron chi connectivity index (χ1n) is 16.9. The Morgan fingerprint density at radius 3 is 2.43 bits per heavy atom. The number of thioether (sulfide) groups is 1. The SMILES string of the molecule is CCOC(=O)c1ccc(N2C(=O)[C@H]3[C@H]4C[C@@H]([C@@H]3C2=O)[C@@H]2[C@H](c3ccc(OCC(=O)Nc5ccccc5C)c(OC)c3)c3sc(=O)[nH]c3S[C@H]42)cc1. The lowest BCUT2D eigenvalue weighted by molar-refractivity contribution is -0.123. The second kappa shape index (κ2) is 13.0. The first-order chi connectivity index (χ1) is 24.7. The van der Waals surface area contributed by atoms with Crippen molar-refractivity contribution in [2.24, 2.45) is 29.6 Å². The van der Waals surface area contributed by atoms with E-state index in [9.17, 15) is 24.0 Å². The van der Waals surface area contributed by atoms with E-state index >= 15 is 0 Å². The molecule has 3 fully saturated rings. The summed E-state index contributed by atoms with van der Waals surface area (Å²) in [6.45, 7) is 3.67. The van der Waals surface area contributed by atoms with E-state index in [1.54, 1.807) is 49.0 Å². The molecule has 2 aliphatic heterocycles. The van der Waals surface area contributed by atoms with Gasteiger partial charge in [0.1, 0.15) is 0 Å². The normalized spacial score (nSPS) is 25.6. The Morgan fingerprint density at radius 2 is 1.71 bits per heavy atom. The van der Waals surface area contributed by atoms with Crippen LogP contribution in [0.4, 0.5) is 11.4 Å². The lowest BCUT2D eigenvalue weighted by atomic mass is 9.68. The zero-order chi connectivity index (χ0) is 35.6. The van der Waals surface area contributed by atoms with Gasteiger partial charge in [0, 0.05) is 21.7 Å². The van der Waals surface area contributed by atoms with E-state index in [4.69, 9.17) is 14.2 Å². The van der Waals surface area contributed by atoms with Crippen LogP contribution in [0.15, 0.2) is 76.6 Å². The van der Waals surface area contributed by atoms with Gasteiger partial charge in [-0.05, 0) is 91.6 Å². The lowest BCUT2D eigenvalue weighted by Gasteiger charge is -2.43. The molecule has 3 amide bonds. The van der Waals surface area contributed by atoms with Crippen LogP contribution >= 0.6 is 23.1 Å². The number of carbonyl (C=O) groups is 4. The molecule has 3 heterocycles. The van der Waals surface area contributed by atoms with Crippen molar-refractivity contribution < 1.29 is 33.4 Å². The predicted octanol–water partition coefficient (Wildman–Crippen LogP) is 5.63. The Balaban J connectivity index is 1.07. The van der Waals surface area contributed by atoms with Gasteiger partial charge >= 0.3 is 10.8 Å². The van der Waals surface area contributed by atoms with Gasteiger partial charge in [0.05, 0.1) is 41.8 Å². The number of aromatic nitrogens is 1. The zero-order valence-electron chi connectivity index (χ0n) is 28.0. The monoisotopic (exact) mass is 725 g/mol. The van der Waals surface area contributed by atoms with Gasteiger partial charge in [0.15, 0.2) is 18.1 Å². The second-order valence-corrected chi connectivity index (χ2v) is 15.5. The van der Waals surface area contributed by atoms with Crippen molar-refractivity contribution in [1.29, 1.82) is 0 Å². The molecule has 2 bridgehead atoms. The molecule has 1 aromatic heterocycles. The molecule has 4 aromatic rings. The number of fused-ring (bicyclic) bond motifs is 9. The van der Waals surface area contributed by atoms with Gasteiger partial charge in [0.25, 0.3) is 5.91 Å². The number of nitrogens with zero attached hydrogens (tertiary/aromatic N) is 1. The smallest absolute Gasteiger partial charge is 0.338 e. The molecule has 3 aromatic carbocycles. The number of H-pyrrole nitrogens is 1. The molecule has 0 spiro atoms. The molecular formula is C38H35N3O8S2. The fourth-order valence-corrected chi connectivity index (χ4v) is 11.5. The summed E-state index contributed by atoms with van der Waals surface area (Å²) in [6, 6.07) is 19.5. The third-order valence-electron chi connectivity index (χ3n) is 10.7. The van der Waals surface area contributed by atoms with Crippen molar-refractivity contribution >= 4 is 58.2 Å². The number of anilines is 2. The predicted molar refractivity (Wildman–Crippen MR) is 192 cm³/mol. The van der Waals surface area contributed by atoms with Gasteiger partial charge in [-0.2, -0.15) is 0 Å². The van der Waals surface area contributed by atoms with Crippen LogP contribution in [0.3, 0.4) is 0 Å². The minimum atomic E-state index is -0.481. The molecule has 7 atom stereocenters. The van der Waals surface area contributed by atoms with Crippen molar-refractivity contribution in [1.82, 2.24) is 4.98 Å². The Hall–Kier alpha value is -4.88. The van der Waals surface area contributed by atoms with Crippen molar-refractivity contribution in [2.75, 3.05) is 30.5 Å². The molecule has 13 heteroatoms. The summed E-state index contributed by atoms with van der Waals surface area (Å²) in [5, 5.41) is 3.68. The summed E-state index contributed by atoms with van der Waals surface area (Å²) in [7, 11) is 1.54. The summed E-state index contributed by atoms with van der Waals surface area (Å²) in [5.74, 6) is -1.66. The van der Waals surface area contributed by atoms with Crippen molar-refractivity contribution in [3.63, 3.8) is 0 Å². The van der Waals surface area contributed by atoms with Gasteiger partial charge in [-0.1, -0.05) is 35.6 Å². The molecule has 51 heavy (non-hydrogen) atoms. The maximum Gasteiger partial charge on any atom is 0.338 e. The average Bonchev–Trinajstić information content (AvgIpc) is 3.87. The number of ether oxygens (including phenoxy) is 3. The van der Waals surface area contributed by atoms with Gasteiger partial charge in [0.2, 0.25) is 11.8 Å². The highest BCUT2D eigenvalue weighted by Gasteiger charge is 2.69. The number of aryl methyl sites for hydroxylation is 1. The van der Waals surface area contributed by atoms with Crippen LogP contribution < -0.4 is 24.6 Å². The topological polar surface area (TPSA) is 144 Å². The number of imide groups is 1. The summed E-state index contributed by atoms with van der Waals surface area (Å²) in [4.78, 5) is 70.9. The number of hydrogen-bond acceptors (Lipinski definition) is 10. The number of methoxy groups -OCH3 is 1. The molecule has 2 saturated carbocycles. The number of benzene rings is 3. The Kier molecular flexibility index (Phi) is 8.50. The third kappa shape index (κ3) is 5.53. The number of carbonyl (C=O) groups excluding carboxylic acids is 4. The average molecular weight is 726 g/mol. The van der Waals surface area contributed by atoms with Crippen LogP contribution in [0.25, 0.3) is 0 Å². The fourth-order valence-electron chi connectivity index (χ4n) is 8.65. The summed E-state index contributed by atoms with van der Waals surface area (Å²) >= 11 is 2.79. The Morgan fingerprint density at radius 1 is 0.961 bits per heavy atom. The number of rotatable bonds is 9. The van der Waals surface area contributed by atoms with Crippen LogP contribution in [0.5, 0.6) is 11.5 Å². The molecular weight excluding hydrogens is 691 g/mol. The number of aromatic amines is 1. The first kappa shape index (κ1) is 33.3. The minimum absolute atomic E-state index is 0.00829. The maximum absolute atomic E-state index is 14.2. The molecule has 0 unspecified atom stereocenters. The molecule has 11 nitrogen and oxygen atoms in total. The summed E-state index contributed by atoms with van der Waals surface area (Å²) in [6.07, 6.45) is 0.745. The van der Waals surface area contributed by atoms with Crippen molar-refractivity contribution in [3.05, 3.63) is 98.0 Å². The van der Waals surface area contributed by atoms with E-state index in [2.05, 4.69) is 10.3 Å². The van der Waals surface area contributed by atoms with E-state index in [1.165, 1.54) is 23.3 Å². The largest absolute Gasteiger partial charge is 0.493 e. The maximum atomic E-state index is 14.2. The van der Waals surface area contributed by atoms with Gasteiger partial charge in [-0.3, -0.25) is 24.1 Å². The minimum Gasteiger partial charge on any atom is -0.493 e. The molecule has 1 saturated heterocycles. The molecule has 0 radical (unpaired) electrons. The number of esters is 1. The Bertz CT molecular complexity index is 2130. The quantitative estimate of drug-likeness (QED) is 0.166. The standard InChI is InChI=1S/C38H35N3O8S2/c1-4-48-37(45)19-9-12-21(13-10-19)41-35(43)30-22-16-23(31(30)36(41)44)32-29(22)28(33-34(50-32)40-38(46)51-33)20-11-14-25(26(15-20)47-3)49-17-27(42)39-24-8-6-5-7-18(24)2/h5-15,22-23,28-32H,4,16-17H2,1-3H3,(H,39,42)(H,40,46)/t22-,23-,28+,29-,30+,31+,32-/m1/s1. The van der Waals surface area contributed by atoms with Crippen LogP contribution in [0.2, 0.25) is 0 Å². The molecule has 4 aliphatic rings. The highest BCUT2D eigenvalue weighted by molar-refractivity contribution is 8.00. The zero-order valence-corrected chi connectivity index (χ0v) is 29.7. The van der Waals surface area contributed by atoms with Crippen molar-refractivity contribution in [2.45, 2.75) is 36.5 Å². The fraction of sp³-hybridized carbons (Fsp3) is 0.342. The number of hydrogen-bond donors (Lipinski definition) is 2. The van der Waals surface area contributed by atoms with Gasteiger partial charge in [-0.15, -0.1) is 11.8 Å².